The number of sulfonamides is 1. The molecule has 2 aromatic carbocycles. The lowest BCUT2D eigenvalue weighted by atomic mass is 10.2. The molecule has 0 spiro atoms. The number of hydrazone groups is 1. The fourth-order valence-electron chi connectivity index (χ4n) is 3.42. The largest absolute Gasteiger partial charge is 0.361 e. The van der Waals surface area contributed by atoms with Gasteiger partial charge in [0, 0.05) is 35.8 Å². The Bertz CT molecular complexity index is 1270. The predicted molar refractivity (Wildman–Crippen MR) is 141 cm³/mol. The monoisotopic (exact) mass is 505 g/mol. The van der Waals surface area contributed by atoms with E-state index in [4.69, 9.17) is 23.8 Å². The van der Waals surface area contributed by atoms with Crippen LogP contribution in [-0.2, 0) is 10.0 Å². The van der Waals surface area contributed by atoms with Crippen molar-refractivity contribution >= 4 is 61.8 Å². The second-order valence-corrected chi connectivity index (χ2v) is 10.4. The van der Waals surface area contributed by atoms with Gasteiger partial charge in [-0.15, -0.1) is 0 Å². The summed E-state index contributed by atoms with van der Waals surface area (Å²) in [5.74, 6) is 0. The Morgan fingerprint density at radius 2 is 1.91 bits per heavy atom. The maximum absolute atomic E-state index is 13.1. The second kappa shape index (κ2) is 11.1. The molecular formula is C23H28ClN5O2S2. The average molecular weight is 506 g/mol. The number of aromatic amines is 1. The van der Waals surface area contributed by atoms with Gasteiger partial charge in [-0.05, 0) is 67.9 Å². The van der Waals surface area contributed by atoms with E-state index in [-0.39, 0.29) is 10.0 Å². The lowest BCUT2D eigenvalue weighted by Gasteiger charge is -2.21. The van der Waals surface area contributed by atoms with Crippen molar-refractivity contribution in [3.05, 3.63) is 58.7 Å². The van der Waals surface area contributed by atoms with Crippen LogP contribution in [0, 0.1) is 6.92 Å². The number of aromatic nitrogens is 1. The van der Waals surface area contributed by atoms with Gasteiger partial charge in [-0.2, -0.15) is 9.41 Å². The van der Waals surface area contributed by atoms with Gasteiger partial charge in [0.2, 0.25) is 10.0 Å². The summed E-state index contributed by atoms with van der Waals surface area (Å²) in [6.45, 7) is 6.89. The molecule has 33 heavy (non-hydrogen) atoms. The molecule has 3 N–H and O–H groups in total. The number of rotatable bonds is 9. The smallest absolute Gasteiger partial charge is 0.243 e. The zero-order chi connectivity index (χ0) is 24.0. The topological polar surface area (TPSA) is 89.6 Å². The highest BCUT2D eigenvalue weighted by molar-refractivity contribution is 7.89. The number of benzene rings is 2. The van der Waals surface area contributed by atoms with E-state index in [2.05, 4.69) is 20.8 Å². The molecule has 0 atom stereocenters. The molecule has 0 saturated carbocycles. The zero-order valence-corrected chi connectivity index (χ0v) is 21.2. The summed E-state index contributed by atoms with van der Waals surface area (Å²) in [5, 5.41) is 8.80. The van der Waals surface area contributed by atoms with Crippen LogP contribution in [-0.4, -0.2) is 42.1 Å². The Kier molecular flexibility index (Phi) is 8.47. The number of hydrogen-bond donors (Lipinski definition) is 3. The number of nitrogens with zero attached hydrogens (tertiary/aromatic N) is 2. The number of aryl methyl sites for hydroxylation is 1. The van der Waals surface area contributed by atoms with Crippen LogP contribution in [0.3, 0.4) is 0 Å². The molecule has 0 unspecified atom stereocenters. The van der Waals surface area contributed by atoms with Crippen molar-refractivity contribution in [1.82, 2.24) is 14.7 Å². The van der Waals surface area contributed by atoms with Gasteiger partial charge < -0.3 is 10.3 Å². The minimum Gasteiger partial charge on any atom is -0.361 e. The van der Waals surface area contributed by atoms with Crippen molar-refractivity contribution in [2.24, 2.45) is 5.10 Å². The number of anilines is 1. The molecule has 176 valence electrons. The summed E-state index contributed by atoms with van der Waals surface area (Å²) >= 11 is 11.5. The van der Waals surface area contributed by atoms with Gasteiger partial charge in [0.25, 0.3) is 0 Å². The Morgan fingerprint density at radius 3 is 2.58 bits per heavy atom. The van der Waals surface area contributed by atoms with Crippen molar-refractivity contribution in [3.63, 3.8) is 0 Å². The van der Waals surface area contributed by atoms with Crippen molar-refractivity contribution in [1.29, 1.82) is 0 Å². The zero-order valence-electron chi connectivity index (χ0n) is 18.9. The molecule has 0 bridgehead atoms. The first-order valence-corrected chi connectivity index (χ1v) is 13.0. The quantitative estimate of drug-likeness (QED) is 0.209. The molecule has 0 radical (unpaired) electrons. The number of H-pyrrole nitrogens is 1. The third-order valence-electron chi connectivity index (χ3n) is 5.01. The summed E-state index contributed by atoms with van der Waals surface area (Å²) in [6.07, 6.45) is 4.89. The van der Waals surface area contributed by atoms with E-state index < -0.39 is 10.0 Å². The molecule has 3 aromatic rings. The molecule has 0 aliphatic carbocycles. The van der Waals surface area contributed by atoms with Crippen molar-refractivity contribution in [2.45, 2.75) is 38.5 Å². The normalized spacial score (nSPS) is 12.0. The van der Waals surface area contributed by atoms with Crippen LogP contribution in [0.25, 0.3) is 10.9 Å². The minimum atomic E-state index is -3.57. The number of thiocarbonyl (C=S) groups is 1. The van der Waals surface area contributed by atoms with E-state index in [1.165, 1.54) is 4.31 Å². The summed E-state index contributed by atoms with van der Waals surface area (Å²) in [4.78, 5) is 3.41. The van der Waals surface area contributed by atoms with Gasteiger partial charge in [-0.25, -0.2) is 8.42 Å². The molecule has 1 heterocycles. The van der Waals surface area contributed by atoms with E-state index in [0.29, 0.717) is 23.8 Å². The predicted octanol–water partition coefficient (Wildman–Crippen LogP) is 5.26. The van der Waals surface area contributed by atoms with E-state index in [0.717, 1.165) is 34.9 Å². The average Bonchev–Trinajstić information content (AvgIpc) is 3.18. The Morgan fingerprint density at radius 1 is 1.18 bits per heavy atom. The Balaban J connectivity index is 1.77. The Hall–Kier alpha value is -2.46. The van der Waals surface area contributed by atoms with Gasteiger partial charge in [-0.3, -0.25) is 5.43 Å². The van der Waals surface area contributed by atoms with Gasteiger partial charge in [0.1, 0.15) is 0 Å². The van der Waals surface area contributed by atoms with Crippen LogP contribution >= 0.6 is 23.8 Å². The summed E-state index contributed by atoms with van der Waals surface area (Å²) in [6, 6.07) is 10.7. The maximum atomic E-state index is 13.1. The van der Waals surface area contributed by atoms with Crippen LogP contribution in [0.5, 0.6) is 0 Å². The van der Waals surface area contributed by atoms with Crippen LogP contribution < -0.4 is 10.7 Å². The van der Waals surface area contributed by atoms with E-state index in [9.17, 15) is 8.42 Å². The molecule has 1 aromatic heterocycles. The van der Waals surface area contributed by atoms with Gasteiger partial charge in [0.05, 0.1) is 21.8 Å². The third-order valence-corrected chi connectivity index (χ3v) is 7.41. The minimum absolute atomic E-state index is 0.269. The fourth-order valence-corrected chi connectivity index (χ4v) is 5.52. The van der Waals surface area contributed by atoms with Crippen LogP contribution in [0.4, 0.5) is 5.69 Å². The first-order valence-electron chi connectivity index (χ1n) is 10.7. The summed E-state index contributed by atoms with van der Waals surface area (Å²) in [5.41, 5.74) is 6.05. The second-order valence-electron chi connectivity index (χ2n) is 7.66. The number of fused-ring (bicyclic) bond motifs is 1. The molecule has 0 aliphatic heterocycles. The van der Waals surface area contributed by atoms with Gasteiger partial charge in [0.15, 0.2) is 5.11 Å². The van der Waals surface area contributed by atoms with Crippen molar-refractivity contribution in [3.8, 4) is 0 Å². The molecular weight excluding hydrogens is 478 g/mol. The third kappa shape index (κ3) is 6.11. The highest BCUT2D eigenvalue weighted by atomic mass is 35.5. The number of halogens is 1. The molecule has 0 saturated heterocycles. The standard InChI is InChI=1S/C23H28ClN5O2S2/c1-4-10-29(11-5-2)33(30,31)18-7-9-21-19(13-18)17(14-25-21)15-26-28-23(32)27-22-8-6-16(3)12-20(22)24/h6-9,12-15,25H,4-5,10-11H2,1-3H3,(H2,27,28,32). The highest BCUT2D eigenvalue weighted by Crippen LogP contribution is 2.24. The van der Waals surface area contributed by atoms with Crippen molar-refractivity contribution in [2.75, 3.05) is 18.4 Å². The van der Waals surface area contributed by atoms with E-state index >= 15 is 0 Å². The number of hydrogen-bond acceptors (Lipinski definition) is 4. The lowest BCUT2D eigenvalue weighted by molar-refractivity contribution is 0.410. The van der Waals surface area contributed by atoms with Gasteiger partial charge in [-0.1, -0.05) is 31.5 Å². The molecule has 3 rings (SSSR count). The molecule has 0 aliphatic rings. The summed E-state index contributed by atoms with van der Waals surface area (Å²) in [7, 11) is -3.57. The SMILES string of the molecule is CCCN(CCC)S(=O)(=O)c1ccc2[nH]cc(C=NNC(=S)Nc3ccc(C)cc3Cl)c2c1. The van der Waals surface area contributed by atoms with Crippen molar-refractivity contribution < 1.29 is 8.42 Å². The molecule has 0 amide bonds. The molecule has 0 fully saturated rings. The number of nitrogens with one attached hydrogen (secondary N) is 3. The van der Waals surface area contributed by atoms with E-state index in [1.807, 2.05) is 39.0 Å². The van der Waals surface area contributed by atoms with E-state index in [1.54, 1.807) is 30.6 Å². The Labute approximate surface area is 205 Å². The molecule has 10 heteroatoms. The van der Waals surface area contributed by atoms with Crippen LogP contribution in [0.2, 0.25) is 5.02 Å². The lowest BCUT2D eigenvalue weighted by Crippen LogP contribution is -2.32. The first kappa shape index (κ1) is 25.2. The first-order chi connectivity index (χ1) is 15.8. The maximum Gasteiger partial charge on any atom is 0.243 e. The van der Waals surface area contributed by atoms with Crippen LogP contribution in [0.1, 0.15) is 37.8 Å². The van der Waals surface area contributed by atoms with Gasteiger partial charge >= 0.3 is 0 Å². The summed E-state index contributed by atoms with van der Waals surface area (Å²) < 4.78 is 27.8. The highest BCUT2D eigenvalue weighted by Gasteiger charge is 2.23. The fraction of sp³-hybridized carbons (Fsp3) is 0.304. The van der Waals surface area contributed by atoms with Crippen LogP contribution in [0.15, 0.2) is 52.6 Å². The molecule has 7 nitrogen and oxygen atoms in total.